The third kappa shape index (κ3) is 6.34. The summed E-state index contributed by atoms with van der Waals surface area (Å²) in [5.41, 5.74) is 2.31. The highest BCUT2D eigenvalue weighted by molar-refractivity contribution is 8.14. The molecule has 1 atom stereocenters. The first kappa shape index (κ1) is 23.3. The summed E-state index contributed by atoms with van der Waals surface area (Å²) in [5, 5.41) is 8.05. The highest BCUT2D eigenvalue weighted by atomic mass is 32.2. The van der Waals surface area contributed by atoms with Crippen LogP contribution in [0.25, 0.3) is 0 Å². The average Bonchev–Trinajstić information content (AvgIpc) is 3.09. The minimum absolute atomic E-state index is 0.124. The third-order valence-electron chi connectivity index (χ3n) is 4.93. The van der Waals surface area contributed by atoms with E-state index in [1.54, 1.807) is 24.3 Å². The monoisotopic (exact) mass is 454 g/mol. The van der Waals surface area contributed by atoms with Gasteiger partial charge < -0.3 is 16.0 Å². The summed E-state index contributed by atoms with van der Waals surface area (Å²) in [4.78, 5) is 49.7. The second-order valence-electron chi connectivity index (χ2n) is 7.75. The van der Waals surface area contributed by atoms with Gasteiger partial charge in [0.15, 0.2) is 0 Å². The van der Waals surface area contributed by atoms with Gasteiger partial charge in [-0.25, -0.2) is 4.79 Å². The lowest BCUT2D eigenvalue weighted by Crippen LogP contribution is -2.50. The number of hydrogen-bond acceptors (Lipinski definition) is 5. The molecular weight excluding hydrogens is 428 g/mol. The Hall–Kier alpha value is -3.33. The van der Waals surface area contributed by atoms with E-state index in [0.717, 1.165) is 22.9 Å². The van der Waals surface area contributed by atoms with E-state index in [0.29, 0.717) is 12.2 Å². The second-order valence-corrected chi connectivity index (χ2v) is 8.68. The smallest absolute Gasteiger partial charge is 0.315 e. The van der Waals surface area contributed by atoms with Crippen LogP contribution in [0.3, 0.4) is 0 Å². The van der Waals surface area contributed by atoms with Gasteiger partial charge in [-0.05, 0) is 29.2 Å². The Bertz CT molecular complexity index is 963. The number of carbonyl (C=O) groups is 4. The predicted octanol–water partition coefficient (Wildman–Crippen LogP) is 3.34. The van der Waals surface area contributed by atoms with Crippen LogP contribution in [0.2, 0.25) is 0 Å². The van der Waals surface area contributed by atoms with E-state index in [1.165, 1.54) is 4.90 Å². The van der Waals surface area contributed by atoms with Crippen molar-refractivity contribution >= 4 is 40.5 Å². The van der Waals surface area contributed by atoms with E-state index in [9.17, 15) is 19.2 Å². The van der Waals surface area contributed by atoms with E-state index >= 15 is 0 Å². The molecule has 1 aliphatic rings. The molecule has 0 aliphatic carbocycles. The van der Waals surface area contributed by atoms with Crippen molar-refractivity contribution in [1.29, 1.82) is 0 Å². The van der Waals surface area contributed by atoms with Gasteiger partial charge in [0.1, 0.15) is 6.04 Å². The zero-order valence-corrected chi connectivity index (χ0v) is 18.8. The number of rotatable bonds is 8. The highest BCUT2D eigenvalue weighted by Gasteiger charge is 2.29. The summed E-state index contributed by atoms with van der Waals surface area (Å²) in [6, 6.07) is 15.3. The molecule has 3 rings (SSSR count). The number of nitrogens with one attached hydrogen (secondary N) is 3. The van der Waals surface area contributed by atoms with E-state index in [1.807, 2.05) is 44.2 Å². The number of nitrogens with zero attached hydrogens (tertiary/aromatic N) is 1. The van der Waals surface area contributed by atoms with Gasteiger partial charge in [0.05, 0.1) is 12.3 Å². The molecule has 5 amide bonds. The minimum Gasteiger partial charge on any atom is -0.334 e. The molecule has 1 fully saturated rings. The Morgan fingerprint density at radius 2 is 1.69 bits per heavy atom. The number of benzene rings is 2. The molecule has 8 nitrogen and oxygen atoms in total. The minimum atomic E-state index is -0.720. The quantitative estimate of drug-likeness (QED) is 0.567. The summed E-state index contributed by atoms with van der Waals surface area (Å²) in [7, 11) is 0. The Kier molecular flexibility index (Phi) is 7.88. The fraction of sp³-hybridized carbons (Fsp3) is 0.304. The Balaban J connectivity index is 1.54. The molecule has 0 saturated carbocycles. The molecule has 1 unspecified atom stereocenters. The summed E-state index contributed by atoms with van der Waals surface area (Å²) < 4.78 is 0. The fourth-order valence-corrected chi connectivity index (χ4v) is 3.86. The first-order valence-electron chi connectivity index (χ1n) is 10.3. The van der Waals surface area contributed by atoms with Crippen molar-refractivity contribution in [2.75, 3.05) is 11.1 Å². The lowest BCUT2D eigenvalue weighted by Gasteiger charge is -2.22. The van der Waals surface area contributed by atoms with Crippen LogP contribution < -0.4 is 16.0 Å². The van der Waals surface area contributed by atoms with Crippen molar-refractivity contribution in [3.8, 4) is 0 Å². The number of thioether (sulfide) groups is 1. The van der Waals surface area contributed by atoms with E-state index < -0.39 is 12.1 Å². The van der Waals surface area contributed by atoms with Crippen molar-refractivity contribution in [1.82, 2.24) is 15.5 Å². The predicted molar refractivity (Wildman–Crippen MR) is 124 cm³/mol. The number of carbonyl (C=O) groups excluding carboxylic acids is 4. The average molecular weight is 455 g/mol. The number of imide groups is 1. The van der Waals surface area contributed by atoms with Gasteiger partial charge in [-0.1, -0.05) is 68.1 Å². The maximum Gasteiger partial charge on any atom is 0.315 e. The molecular formula is C23H26N4O4S. The van der Waals surface area contributed by atoms with Gasteiger partial charge in [-0.3, -0.25) is 19.3 Å². The van der Waals surface area contributed by atoms with Crippen LogP contribution in [0, 0.1) is 5.92 Å². The molecule has 0 spiro atoms. The molecule has 9 heteroatoms. The van der Waals surface area contributed by atoms with E-state index in [2.05, 4.69) is 16.0 Å². The van der Waals surface area contributed by atoms with Crippen LogP contribution >= 0.6 is 11.8 Å². The molecule has 168 valence electrons. The van der Waals surface area contributed by atoms with Crippen molar-refractivity contribution in [3.63, 3.8) is 0 Å². The molecule has 1 heterocycles. The van der Waals surface area contributed by atoms with Gasteiger partial charge in [0.25, 0.3) is 5.24 Å². The maximum atomic E-state index is 12.8. The topological polar surface area (TPSA) is 108 Å². The fourth-order valence-electron chi connectivity index (χ4n) is 3.14. The van der Waals surface area contributed by atoms with Crippen molar-refractivity contribution in [2.45, 2.75) is 33.0 Å². The van der Waals surface area contributed by atoms with Gasteiger partial charge in [0, 0.05) is 12.2 Å². The summed E-state index contributed by atoms with van der Waals surface area (Å²) in [6.07, 6.45) is 0. The number of hydrogen-bond donors (Lipinski definition) is 3. The Labute approximate surface area is 191 Å². The third-order valence-corrected chi connectivity index (χ3v) is 5.79. The van der Waals surface area contributed by atoms with Crippen molar-refractivity contribution < 1.29 is 19.2 Å². The van der Waals surface area contributed by atoms with E-state index in [4.69, 9.17) is 0 Å². The molecule has 2 aromatic carbocycles. The standard InChI is InChI=1S/C23H26N4O4S/c1-15(2)20(26-22(30)24-12-16-6-4-3-5-7-16)21(29)25-18-10-8-17(9-11-18)13-27-19(28)14-32-23(27)31/h3-11,15,20H,12-14H2,1-2H3,(H,25,29)(H2,24,26,30). The Morgan fingerprint density at radius 3 is 2.28 bits per heavy atom. The lowest BCUT2D eigenvalue weighted by atomic mass is 10.0. The summed E-state index contributed by atoms with van der Waals surface area (Å²) >= 11 is 0.998. The SMILES string of the molecule is CC(C)C(NC(=O)NCc1ccccc1)C(=O)Nc1ccc(CN2C(=O)CSC2=O)cc1. The molecule has 32 heavy (non-hydrogen) atoms. The van der Waals surface area contributed by atoms with Crippen LogP contribution in [0.15, 0.2) is 54.6 Å². The first-order chi connectivity index (χ1) is 15.3. The van der Waals surface area contributed by atoms with Crippen LogP contribution in [0.1, 0.15) is 25.0 Å². The molecule has 0 radical (unpaired) electrons. The van der Waals surface area contributed by atoms with Crippen molar-refractivity contribution in [2.24, 2.45) is 5.92 Å². The molecule has 3 N–H and O–H groups in total. The molecule has 0 aromatic heterocycles. The van der Waals surface area contributed by atoms with Crippen molar-refractivity contribution in [3.05, 3.63) is 65.7 Å². The Morgan fingerprint density at radius 1 is 1.00 bits per heavy atom. The highest BCUT2D eigenvalue weighted by Crippen LogP contribution is 2.22. The van der Waals surface area contributed by atoms with Crippen LogP contribution in [-0.2, 0) is 22.7 Å². The van der Waals surface area contributed by atoms with Crippen LogP contribution in [-0.4, -0.2) is 39.8 Å². The number of urea groups is 1. The molecule has 1 saturated heterocycles. The van der Waals surface area contributed by atoms with Gasteiger partial charge in [0.2, 0.25) is 11.8 Å². The normalized spacial score (nSPS) is 14.4. The van der Waals surface area contributed by atoms with E-state index in [-0.39, 0.29) is 35.3 Å². The number of anilines is 1. The first-order valence-corrected chi connectivity index (χ1v) is 11.3. The molecule has 1 aliphatic heterocycles. The summed E-state index contributed by atoms with van der Waals surface area (Å²) in [5.74, 6) is -0.478. The van der Waals surface area contributed by atoms with Crippen LogP contribution in [0.4, 0.5) is 15.3 Å². The van der Waals surface area contributed by atoms with Gasteiger partial charge >= 0.3 is 6.03 Å². The molecule has 0 bridgehead atoms. The van der Waals surface area contributed by atoms with Gasteiger partial charge in [-0.15, -0.1) is 0 Å². The van der Waals surface area contributed by atoms with Gasteiger partial charge in [-0.2, -0.15) is 0 Å². The largest absolute Gasteiger partial charge is 0.334 e. The second kappa shape index (κ2) is 10.8. The number of amides is 5. The zero-order valence-electron chi connectivity index (χ0n) is 18.0. The van der Waals surface area contributed by atoms with Crippen LogP contribution in [0.5, 0.6) is 0 Å². The maximum absolute atomic E-state index is 12.8. The summed E-state index contributed by atoms with van der Waals surface area (Å²) in [6.45, 7) is 4.28. The molecule has 2 aromatic rings. The zero-order chi connectivity index (χ0) is 23.1. The lowest BCUT2D eigenvalue weighted by molar-refractivity contribution is -0.125.